The van der Waals surface area contributed by atoms with Crippen LogP contribution in [-0.4, -0.2) is 40.3 Å². The number of ether oxygens (including phenoxy) is 2. The van der Waals surface area contributed by atoms with Crippen molar-refractivity contribution in [3.63, 3.8) is 0 Å². The van der Waals surface area contributed by atoms with Crippen LogP contribution in [0.2, 0.25) is 5.02 Å². The van der Waals surface area contributed by atoms with Gasteiger partial charge in [-0.05, 0) is 54.1 Å². The summed E-state index contributed by atoms with van der Waals surface area (Å²) in [7, 11) is 3.03. The molecule has 0 fully saturated rings. The summed E-state index contributed by atoms with van der Waals surface area (Å²) in [6.07, 6.45) is 0. The Kier molecular flexibility index (Phi) is 5.51. The predicted octanol–water partition coefficient (Wildman–Crippen LogP) is 3.58. The first-order chi connectivity index (χ1) is 14.9. The molecule has 10 heteroatoms. The minimum absolute atomic E-state index is 0.286. The third kappa shape index (κ3) is 3.79. The maximum atomic E-state index is 13.4. The molecule has 0 radical (unpaired) electrons. The molecule has 0 bridgehead atoms. The van der Waals surface area contributed by atoms with E-state index in [0.717, 1.165) is 5.56 Å². The molecule has 2 N–H and O–H groups in total. The molecule has 2 heterocycles. The number of hydrogen-bond acceptors (Lipinski definition) is 7. The van der Waals surface area contributed by atoms with Crippen LogP contribution in [0.15, 0.2) is 47.7 Å². The van der Waals surface area contributed by atoms with Gasteiger partial charge in [-0.15, -0.1) is 0 Å². The zero-order valence-electron chi connectivity index (χ0n) is 17.4. The van der Waals surface area contributed by atoms with Gasteiger partial charge in [-0.25, -0.2) is 0 Å². The van der Waals surface area contributed by atoms with Gasteiger partial charge < -0.3 is 20.1 Å². The van der Waals surface area contributed by atoms with Crippen molar-refractivity contribution in [3.05, 3.63) is 63.8 Å². The fourth-order valence-corrected chi connectivity index (χ4v) is 3.84. The summed E-state index contributed by atoms with van der Waals surface area (Å²) in [5.41, 5.74) is 3.53. The van der Waals surface area contributed by atoms with E-state index < -0.39 is 6.04 Å². The van der Waals surface area contributed by atoms with Crippen molar-refractivity contribution in [2.45, 2.75) is 19.9 Å². The van der Waals surface area contributed by atoms with Crippen LogP contribution in [0.1, 0.15) is 24.1 Å². The maximum absolute atomic E-state index is 13.4. The lowest BCUT2D eigenvalue weighted by atomic mass is 9.94. The Morgan fingerprint density at radius 3 is 2.58 bits per heavy atom. The highest BCUT2D eigenvalue weighted by atomic mass is 35.5. The van der Waals surface area contributed by atoms with E-state index in [1.807, 2.05) is 31.2 Å². The minimum Gasteiger partial charge on any atom is -0.493 e. The number of nitrogens with zero attached hydrogens (tertiary/aromatic N) is 4. The summed E-state index contributed by atoms with van der Waals surface area (Å²) in [5, 5.41) is 18.2. The zero-order valence-corrected chi connectivity index (χ0v) is 18.2. The molecule has 1 aliphatic heterocycles. The molecule has 160 valence electrons. The van der Waals surface area contributed by atoms with Gasteiger partial charge in [-0.2, -0.15) is 4.68 Å². The summed E-state index contributed by atoms with van der Waals surface area (Å²) < 4.78 is 12.3. The van der Waals surface area contributed by atoms with E-state index in [-0.39, 0.29) is 5.91 Å². The van der Waals surface area contributed by atoms with E-state index in [4.69, 9.17) is 21.1 Å². The van der Waals surface area contributed by atoms with Gasteiger partial charge in [0.2, 0.25) is 5.95 Å². The van der Waals surface area contributed by atoms with Crippen LogP contribution in [0, 0.1) is 6.92 Å². The number of amides is 1. The highest BCUT2D eigenvalue weighted by Crippen LogP contribution is 2.42. The number of rotatable bonds is 5. The molecule has 3 aromatic rings. The lowest BCUT2D eigenvalue weighted by molar-refractivity contribution is -0.113. The number of tetrazole rings is 1. The molecule has 0 saturated heterocycles. The SMILES string of the molecule is COc1cc(C2C(C(=O)Nc3ccc(C)cc3)=C(C)Nc3nnnn32)cc(Cl)c1OC. The molecule has 0 spiro atoms. The Morgan fingerprint density at radius 2 is 1.90 bits per heavy atom. The van der Waals surface area contributed by atoms with E-state index in [1.54, 1.807) is 19.1 Å². The molecule has 0 aliphatic carbocycles. The fourth-order valence-electron chi connectivity index (χ4n) is 3.55. The molecule has 0 saturated carbocycles. The average Bonchev–Trinajstić information content (AvgIpc) is 3.21. The van der Waals surface area contributed by atoms with Crippen molar-refractivity contribution in [2.24, 2.45) is 0 Å². The highest BCUT2D eigenvalue weighted by Gasteiger charge is 2.35. The second-order valence-corrected chi connectivity index (χ2v) is 7.48. The first kappa shape index (κ1) is 20.7. The van der Waals surface area contributed by atoms with Gasteiger partial charge in [-0.1, -0.05) is 34.4 Å². The van der Waals surface area contributed by atoms with E-state index in [0.29, 0.717) is 45.0 Å². The van der Waals surface area contributed by atoms with Crippen LogP contribution in [0.4, 0.5) is 11.6 Å². The summed E-state index contributed by atoms with van der Waals surface area (Å²) >= 11 is 6.44. The number of allylic oxidation sites excluding steroid dienone is 1. The van der Waals surface area contributed by atoms with Crippen molar-refractivity contribution in [3.8, 4) is 11.5 Å². The summed E-state index contributed by atoms with van der Waals surface area (Å²) in [4.78, 5) is 13.4. The number of aromatic nitrogens is 4. The van der Waals surface area contributed by atoms with Crippen LogP contribution < -0.4 is 20.1 Å². The molecule has 1 unspecified atom stereocenters. The molecule has 1 aliphatic rings. The van der Waals surface area contributed by atoms with E-state index >= 15 is 0 Å². The Bertz CT molecular complexity index is 1170. The normalized spacial score (nSPS) is 15.2. The second kappa shape index (κ2) is 8.27. The Labute approximate surface area is 184 Å². The molecule has 1 amide bonds. The fraction of sp³-hybridized carbons (Fsp3) is 0.238. The van der Waals surface area contributed by atoms with Crippen molar-refractivity contribution < 1.29 is 14.3 Å². The highest BCUT2D eigenvalue weighted by molar-refractivity contribution is 6.32. The van der Waals surface area contributed by atoms with Gasteiger partial charge in [0.05, 0.1) is 24.8 Å². The topological polar surface area (TPSA) is 103 Å². The molecule has 1 aromatic heterocycles. The lowest BCUT2D eigenvalue weighted by Crippen LogP contribution is -2.31. The quantitative estimate of drug-likeness (QED) is 0.625. The number of aryl methyl sites for hydroxylation is 1. The first-order valence-corrected chi connectivity index (χ1v) is 9.85. The largest absolute Gasteiger partial charge is 0.493 e. The number of hydrogen-bond donors (Lipinski definition) is 2. The van der Waals surface area contributed by atoms with Gasteiger partial charge >= 0.3 is 0 Å². The number of carbonyl (C=O) groups excluding carboxylic acids is 1. The van der Waals surface area contributed by atoms with E-state index in [2.05, 4.69) is 26.2 Å². The Balaban J connectivity index is 1.81. The van der Waals surface area contributed by atoms with E-state index in [9.17, 15) is 4.79 Å². The molecule has 1 atom stereocenters. The smallest absolute Gasteiger partial charge is 0.255 e. The monoisotopic (exact) mass is 440 g/mol. The number of halogens is 1. The van der Waals surface area contributed by atoms with Crippen LogP contribution in [0.3, 0.4) is 0 Å². The van der Waals surface area contributed by atoms with Gasteiger partial charge in [0.15, 0.2) is 11.5 Å². The number of fused-ring (bicyclic) bond motifs is 1. The lowest BCUT2D eigenvalue weighted by Gasteiger charge is -2.28. The van der Waals surface area contributed by atoms with Crippen molar-refractivity contribution >= 4 is 29.1 Å². The van der Waals surface area contributed by atoms with Gasteiger partial charge in [-0.3, -0.25) is 4.79 Å². The minimum atomic E-state index is -0.631. The van der Waals surface area contributed by atoms with Crippen molar-refractivity contribution in [2.75, 3.05) is 24.9 Å². The Hall–Kier alpha value is -3.59. The molecule has 31 heavy (non-hydrogen) atoms. The summed E-state index contributed by atoms with van der Waals surface area (Å²) in [6.45, 7) is 3.79. The molecule has 2 aromatic carbocycles. The number of benzene rings is 2. The predicted molar refractivity (Wildman–Crippen MR) is 117 cm³/mol. The maximum Gasteiger partial charge on any atom is 0.255 e. The van der Waals surface area contributed by atoms with E-state index in [1.165, 1.54) is 18.9 Å². The van der Waals surface area contributed by atoms with Crippen LogP contribution >= 0.6 is 11.6 Å². The van der Waals surface area contributed by atoms with Gasteiger partial charge in [0, 0.05) is 11.4 Å². The summed E-state index contributed by atoms with van der Waals surface area (Å²) in [5.74, 6) is 0.977. The molecular weight excluding hydrogens is 420 g/mol. The number of anilines is 2. The number of carbonyl (C=O) groups is 1. The third-order valence-corrected chi connectivity index (χ3v) is 5.32. The molecule has 9 nitrogen and oxygen atoms in total. The Morgan fingerprint density at radius 1 is 1.16 bits per heavy atom. The van der Waals surface area contributed by atoms with Crippen molar-refractivity contribution in [1.29, 1.82) is 0 Å². The third-order valence-electron chi connectivity index (χ3n) is 5.04. The number of nitrogens with one attached hydrogen (secondary N) is 2. The molecular formula is C21H21ClN6O3. The summed E-state index contributed by atoms with van der Waals surface area (Å²) in [6, 6.07) is 10.4. The average molecular weight is 441 g/mol. The van der Waals surface area contributed by atoms with Crippen LogP contribution in [-0.2, 0) is 4.79 Å². The van der Waals surface area contributed by atoms with Crippen LogP contribution in [0.5, 0.6) is 11.5 Å². The van der Waals surface area contributed by atoms with Crippen LogP contribution in [0.25, 0.3) is 0 Å². The standard InChI is InChI=1S/C21H21ClN6O3/c1-11-5-7-14(8-6-11)24-20(29)17-12(2)23-21-25-26-27-28(21)18(17)13-9-15(22)19(31-4)16(10-13)30-3/h5-10,18H,1-4H3,(H,24,29)(H,23,25,27). The first-order valence-electron chi connectivity index (χ1n) is 9.48. The van der Waals surface area contributed by atoms with Gasteiger partial charge in [0.1, 0.15) is 6.04 Å². The zero-order chi connectivity index (χ0) is 22.1. The molecule has 4 rings (SSSR count). The number of methoxy groups -OCH3 is 2. The van der Waals surface area contributed by atoms with Crippen molar-refractivity contribution in [1.82, 2.24) is 20.2 Å². The van der Waals surface area contributed by atoms with Gasteiger partial charge in [0.25, 0.3) is 5.91 Å². The second-order valence-electron chi connectivity index (χ2n) is 7.07.